The van der Waals surface area contributed by atoms with Crippen LogP contribution in [-0.4, -0.2) is 36.7 Å². The molecule has 98 valence electrons. The Kier molecular flexibility index (Phi) is 4.05. The highest BCUT2D eigenvalue weighted by atomic mass is 16.5. The number of nitrogens with one attached hydrogen (secondary N) is 2. The largest absolute Gasteiger partial charge is 0.376 e. The van der Waals surface area contributed by atoms with Gasteiger partial charge in [-0.3, -0.25) is 4.79 Å². The van der Waals surface area contributed by atoms with Crippen LogP contribution in [0.4, 0.5) is 0 Å². The number of hydrogen-bond acceptors (Lipinski definition) is 3. The maximum atomic E-state index is 11.8. The summed E-state index contributed by atoms with van der Waals surface area (Å²) in [5.74, 6) is 0.816. The molecule has 3 atom stereocenters. The van der Waals surface area contributed by atoms with E-state index in [-0.39, 0.29) is 18.0 Å². The summed E-state index contributed by atoms with van der Waals surface area (Å²) in [6.45, 7) is 6.73. The molecule has 1 amide bonds. The molecule has 0 aromatic rings. The number of carbonyl (C=O) groups excluding carboxylic acids is 1. The Morgan fingerprint density at radius 1 is 1.24 bits per heavy atom. The van der Waals surface area contributed by atoms with Crippen LogP contribution >= 0.6 is 0 Å². The summed E-state index contributed by atoms with van der Waals surface area (Å²) >= 11 is 0. The lowest BCUT2D eigenvalue weighted by Gasteiger charge is -2.24. The highest BCUT2D eigenvalue weighted by Gasteiger charge is 2.41. The topological polar surface area (TPSA) is 50.4 Å². The molecule has 2 fully saturated rings. The van der Waals surface area contributed by atoms with Crippen LogP contribution in [0.25, 0.3) is 0 Å². The molecule has 0 radical (unpaired) electrons. The summed E-state index contributed by atoms with van der Waals surface area (Å²) in [5, 5.41) is 6.35. The molecular weight excluding hydrogens is 216 g/mol. The number of ether oxygens (including phenoxy) is 1. The van der Waals surface area contributed by atoms with Gasteiger partial charge in [0.25, 0.3) is 0 Å². The van der Waals surface area contributed by atoms with Gasteiger partial charge < -0.3 is 15.4 Å². The van der Waals surface area contributed by atoms with Crippen LogP contribution in [0.1, 0.15) is 40.0 Å². The third-order valence-corrected chi connectivity index (χ3v) is 3.51. The summed E-state index contributed by atoms with van der Waals surface area (Å²) in [7, 11) is 0. The van der Waals surface area contributed by atoms with Gasteiger partial charge in [0.05, 0.1) is 12.1 Å². The molecule has 0 bridgehead atoms. The average Bonchev–Trinajstić information content (AvgIpc) is 2.99. The lowest BCUT2D eigenvalue weighted by Crippen LogP contribution is -2.50. The molecule has 0 aromatic carbocycles. The van der Waals surface area contributed by atoms with Crippen LogP contribution in [-0.2, 0) is 9.53 Å². The third-order valence-electron chi connectivity index (χ3n) is 3.51. The third kappa shape index (κ3) is 3.42. The van der Waals surface area contributed by atoms with Crippen molar-refractivity contribution in [3.05, 3.63) is 0 Å². The summed E-state index contributed by atoms with van der Waals surface area (Å²) < 4.78 is 5.76. The zero-order chi connectivity index (χ0) is 12.4. The van der Waals surface area contributed by atoms with Crippen LogP contribution in [0.15, 0.2) is 0 Å². The van der Waals surface area contributed by atoms with Crippen molar-refractivity contribution in [2.45, 2.75) is 64.3 Å². The van der Waals surface area contributed by atoms with Gasteiger partial charge in [-0.05, 0) is 46.0 Å². The van der Waals surface area contributed by atoms with E-state index in [1.54, 1.807) is 0 Å². The fourth-order valence-corrected chi connectivity index (χ4v) is 2.49. The van der Waals surface area contributed by atoms with E-state index in [0.29, 0.717) is 12.1 Å². The van der Waals surface area contributed by atoms with E-state index in [1.807, 2.05) is 20.8 Å². The fraction of sp³-hybridized carbons (Fsp3) is 0.923. The zero-order valence-electron chi connectivity index (χ0n) is 11.0. The second kappa shape index (κ2) is 5.36. The van der Waals surface area contributed by atoms with E-state index in [1.165, 1.54) is 12.8 Å². The zero-order valence-corrected chi connectivity index (χ0v) is 11.0. The Hall–Kier alpha value is -0.610. The van der Waals surface area contributed by atoms with Crippen LogP contribution < -0.4 is 10.6 Å². The Morgan fingerprint density at radius 3 is 2.53 bits per heavy atom. The van der Waals surface area contributed by atoms with Gasteiger partial charge in [0, 0.05) is 18.7 Å². The van der Waals surface area contributed by atoms with Gasteiger partial charge >= 0.3 is 0 Å². The lowest BCUT2D eigenvalue weighted by molar-refractivity contribution is -0.123. The molecule has 0 aromatic heterocycles. The van der Waals surface area contributed by atoms with E-state index in [0.717, 1.165) is 18.9 Å². The molecule has 2 N–H and O–H groups in total. The smallest absolute Gasteiger partial charge is 0.237 e. The predicted molar refractivity (Wildman–Crippen MR) is 66.7 cm³/mol. The van der Waals surface area contributed by atoms with Crippen molar-refractivity contribution in [1.29, 1.82) is 0 Å². The summed E-state index contributed by atoms with van der Waals surface area (Å²) in [4.78, 5) is 11.8. The number of rotatable bonds is 5. The first-order valence-electron chi connectivity index (χ1n) is 6.76. The maximum Gasteiger partial charge on any atom is 0.237 e. The molecule has 1 saturated heterocycles. The van der Waals surface area contributed by atoms with Gasteiger partial charge in [0.1, 0.15) is 0 Å². The molecule has 1 heterocycles. The normalized spacial score (nSPS) is 30.6. The molecular formula is C13H24N2O2. The minimum Gasteiger partial charge on any atom is -0.376 e. The summed E-state index contributed by atoms with van der Waals surface area (Å²) in [6.07, 6.45) is 3.94. The first-order chi connectivity index (χ1) is 8.08. The van der Waals surface area contributed by atoms with E-state index in [2.05, 4.69) is 10.6 Å². The van der Waals surface area contributed by atoms with E-state index in [9.17, 15) is 4.79 Å². The van der Waals surface area contributed by atoms with Crippen molar-refractivity contribution in [3.63, 3.8) is 0 Å². The molecule has 0 spiro atoms. The minimum absolute atomic E-state index is 0.0847. The predicted octanol–water partition coefficient (Wildman–Crippen LogP) is 1.06. The molecule has 4 heteroatoms. The molecule has 3 unspecified atom stereocenters. The number of carbonyl (C=O) groups is 1. The number of hydrogen-bond donors (Lipinski definition) is 2. The Labute approximate surface area is 103 Å². The van der Waals surface area contributed by atoms with Crippen molar-refractivity contribution < 1.29 is 9.53 Å². The second-order valence-corrected chi connectivity index (χ2v) is 5.62. The van der Waals surface area contributed by atoms with Crippen LogP contribution in [0.3, 0.4) is 0 Å². The molecule has 1 saturated carbocycles. The van der Waals surface area contributed by atoms with Crippen molar-refractivity contribution in [2.24, 2.45) is 5.92 Å². The van der Waals surface area contributed by atoms with Crippen LogP contribution in [0.5, 0.6) is 0 Å². The van der Waals surface area contributed by atoms with Gasteiger partial charge in [-0.15, -0.1) is 0 Å². The van der Waals surface area contributed by atoms with Gasteiger partial charge in [0.2, 0.25) is 5.91 Å². The molecule has 2 rings (SSSR count). The van der Waals surface area contributed by atoms with Crippen molar-refractivity contribution >= 4 is 5.91 Å². The fourth-order valence-electron chi connectivity index (χ4n) is 2.49. The molecule has 17 heavy (non-hydrogen) atoms. The standard InChI is InChI=1S/C13H24N2O2/c1-8(2)14-13(16)9(3)15-11-6-7-17-12(11)10-4-5-10/h8-12,15H,4-7H2,1-3H3,(H,14,16). The van der Waals surface area contributed by atoms with Gasteiger partial charge in [-0.2, -0.15) is 0 Å². The minimum atomic E-state index is -0.134. The quantitative estimate of drug-likeness (QED) is 0.755. The first kappa shape index (κ1) is 12.8. The Balaban J connectivity index is 1.80. The van der Waals surface area contributed by atoms with Gasteiger partial charge in [0.15, 0.2) is 0 Å². The SMILES string of the molecule is CC(C)NC(=O)C(C)NC1CCOC1C1CC1. The average molecular weight is 240 g/mol. The van der Waals surface area contributed by atoms with Crippen LogP contribution in [0.2, 0.25) is 0 Å². The second-order valence-electron chi connectivity index (χ2n) is 5.62. The Bertz CT molecular complexity index is 277. The van der Waals surface area contributed by atoms with Crippen molar-refractivity contribution in [3.8, 4) is 0 Å². The lowest BCUT2D eigenvalue weighted by atomic mass is 10.1. The molecule has 1 aliphatic heterocycles. The van der Waals surface area contributed by atoms with Crippen molar-refractivity contribution in [1.82, 2.24) is 10.6 Å². The maximum absolute atomic E-state index is 11.8. The van der Waals surface area contributed by atoms with E-state index >= 15 is 0 Å². The molecule has 2 aliphatic rings. The highest BCUT2D eigenvalue weighted by Crippen LogP contribution is 2.38. The monoisotopic (exact) mass is 240 g/mol. The van der Waals surface area contributed by atoms with E-state index in [4.69, 9.17) is 4.74 Å². The molecule has 1 aliphatic carbocycles. The van der Waals surface area contributed by atoms with Crippen molar-refractivity contribution in [2.75, 3.05) is 6.61 Å². The van der Waals surface area contributed by atoms with Crippen LogP contribution in [0, 0.1) is 5.92 Å². The Morgan fingerprint density at radius 2 is 1.94 bits per heavy atom. The number of amides is 1. The highest BCUT2D eigenvalue weighted by molar-refractivity contribution is 5.81. The van der Waals surface area contributed by atoms with Gasteiger partial charge in [-0.25, -0.2) is 0 Å². The molecule has 4 nitrogen and oxygen atoms in total. The summed E-state index contributed by atoms with van der Waals surface area (Å²) in [6, 6.07) is 0.423. The first-order valence-corrected chi connectivity index (χ1v) is 6.76. The summed E-state index contributed by atoms with van der Waals surface area (Å²) in [5.41, 5.74) is 0. The van der Waals surface area contributed by atoms with Gasteiger partial charge in [-0.1, -0.05) is 0 Å². The van der Waals surface area contributed by atoms with E-state index < -0.39 is 0 Å².